The molecule has 1 aliphatic rings. The molecule has 9 nitrogen and oxygen atoms in total. The van der Waals surface area contributed by atoms with Crippen LogP contribution in [-0.2, 0) is 11.2 Å². The molecule has 2 heterocycles. The average Bonchev–Trinajstić information content (AvgIpc) is 3.26. The summed E-state index contributed by atoms with van der Waals surface area (Å²) in [5, 5.41) is 33.0. The Morgan fingerprint density at radius 2 is 1.93 bits per heavy atom. The van der Waals surface area contributed by atoms with Crippen molar-refractivity contribution < 1.29 is 15.0 Å². The van der Waals surface area contributed by atoms with Gasteiger partial charge < -0.3 is 15.1 Å². The molecule has 1 aliphatic heterocycles. The normalized spacial score (nSPS) is 17.2. The summed E-state index contributed by atoms with van der Waals surface area (Å²) < 4.78 is 0. The van der Waals surface area contributed by atoms with Crippen LogP contribution in [0.1, 0.15) is 37.1 Å². The Balaban J connectivity index is 1.68. The van der Waals surface area contributed by atoms with Crippen LogP contribution in [0.15, 0.2) is 24.3 Å². The highest BCUT2D eigenvalue weighted by Gasteiger charge is 2.32. The molecular formula is C20H30N6O3. The minimum Gasteiger partial charge on any atom is -0.481 e. The molecule has 2 aromatic rings. The molecular weight excluding hydrogens is 372 g/mol. The third-order valence-electron chi connectivity index (χ3n) is 5.64. The number of aliphatic carboxylic acids is 1. The van der Waals surface area contributed by atoms with E-state index < -0.39 is 11.9 Å². The summed E-state index contributed by atoms with van der Waals surface area (Å²) in [6.45, 7) is 6.67. The third kappa shape index (κ3) is 5.51. The van der Waals surface area contributed by atoms with Gasteiger partial charge in [0.05, 0.1) is 12.5 Å². The maximum atomic E-state index is 11.8. The zero-order chi connectivity index (χ0) is 20.6. The molecule has 0 saturated carbocycles. The van der Waals surface area contributed by atoms with E-state index in [0.717, 1.165) is 50.4 Å². The number of H-pyrrole nitrogens is 1. The van der Waals surface area contributed by atoms with Gasteiger partial charge in [0.25, 0.3) is 0 Å². The molecule has 0 amide bonds. The quantitative estimate of drug-likeness (QED) is 0.541. The van der Waals surface area contributed by atoms with Crippen LogP contribution >= 0.6 is 0 Å². The summed E-state index contributed by atoms with van der Waals surface area (Å²) in [6, 6.07) is 8.32. The fourth-order valence-electron chi connectivity index (χ4n) is 4.02. The van der Waals surface area contributed by atoms with Crippen LogP contribution in [0.5, 0.6) is 0 Å². The Morgan fingerprint density at radius 1 is 1.21 bits per heavy atom. The first-order valence-electron chi connectivity index (χ1n) is 10.3. The van der Waals surface area contributed by atoms with Gasteiger partial charge in [0.2, 0.25) is 0 Å². The van der Waals surface area contributed by atoms with E-state index in [2.05, 4.69) is 54.7 Å². The lowest BCUT2D eigenvalue weighted by Crippen LogP contribution is -2.47. The second kappa shape index (κ2) is 10.3. The Kier molecular flexibility index (Phi) is 7.54. The molecule has 3 rings (SSSR count). The monoisotopic (exact) mass is 402 g/mol. The van der Waals surface area contributed by atoms with Crippen molar-refractivity contribution in [3.05, 3.63) is 35.7 Å². The zero-order valence-electron chi connectivity index (χ0n) is 16.9. The summed E-state index contributed by atoms with van der Waals surface area (Å²) in [7, 11) is 0. The van der Waals surface area contributed by atoms with E-state index in [1.165, 1.54) is 0 Å². The van der Waals surface area contributed by atoms with E-state index in [4.69, 9.17) is 5.11 Å². The van der Waals surface area contributed by atoms with Crippen LogP contribution in [0.25, 0.3) is 0 Å². The van der Waals surface area contributed by atoms with Crippen LogP contribution < -0.4 is 4.90 Å². The van der Waals surface area contributed by atoms with Gasteiger partial charge in [-0.1, -0.05) is 30.7 Å². The van der Waals surface area contributed by atoms with Crippen LogP contribution in [0, 0.1) is 5.92 Å². The molecule has 9 heteroatoms. The number of hydrogen-bond donors (Lipinski definition) is 3. The second-order valence-corrected chi connectivity index (χ2v) is 7.53. The van der Waals surface area contributed by atoms with Gasteiger partial charge in [0.1, 0.15) is 0 Å². The highest BCUT2D eigenvalue weighted by atomic mass is 16.4. The Bertz CT molecular complexity index is 744. The van der Waals surface area contributed by atoms with E-state index in [0.29, 0.717) is 18.7 Å². The van der Waals surface area contributed by atoms with Gasteiger partial charge in [-0.25, -0.2) is 0 Å². The van der Waals surface area contributed by atoms with Crippen molar-refractivity contribution in [2.75, 3.05) is 44.2 Å². The number of aliphatic hydroxyl groups excluding tert-OH is 1. The Labute approximate surface area is 170 Å². The zero-order valence-corrected chi connectivity index (χ0v) is 16.9. The van der Waals surface area contributed by atoms with E-state index in [-0.39, 0.29) is 12.5 Å². The van der Waals surface area contributed by atoms with Crippen LogP contribution in [0.4, 0.5) is 5.69 Å². The number of benzene rings is 1. The number of hydrogen-bond acceptors (Lipinski definition) is 7. The predicted molar refractivity (Wildman–Crippen MR) is 109 cm³/mol. The number of rotatable bonds is 10. The van der Waals surface area contributed by atoms with Crippen molar-refractivity contribution in [1.82, 2.24) is 25.5 Å². The van der Waals surface area contributed by atoms with Gasteiger partial charge in [-0.3, -0.25) is 9.69 Å². The third-order valence-corrected chi connectivity index (χ3v) is 5.64. The van der Waals surface area contributed by atoms with Crippen LogP contribution in [-0.4, -0.2) is 81.0 Å². The second-order valence-electron chi connectivity index (χ2n) is 7.53. The number of carbonyl (C=O) groups is 1. The first kappa shape index (κ1) is 21.2. The van der Waals surface area contributed by atoms with Gasteiger partial charge in [0.15, 0.2) is 5.82 Å². The Hall–Kier alpha value is -2.52. The minimum absolute atomic E-state index is 0.200. The van der Waals surface area contributed by atoms with E-state index in [9.17, 15) is 9.90 Å². The number of tetrazole rings is 1. The van der Waals surface area contributed by atoms with Gasteiger partial charge >= 0.3 is 5.97 Å². The lowest BCUT2D eigenvalue weighted by atomic mass is 9.83. The molecule has 0 unspecified atom stereocenters. The van der Waals surface area contributed by atoms with Gasteiger partial charge in [-0.2, -0.15) is 5.21 Å². The lowest BCUT2D eigenvalue weighted by molar-refractivity contribution is -0.142. The number of aromatic amines is 1. The van der Waals surface area contributed by atoms with E-state index in [1.807, 2.05) is 6.92 Å². The average molecular weight is 402 g/mol. The van der Waals surface area contributed by atoms with E-state index in [1.54, 1.807) is 0 Å². The largest absolute Gasteiger partial charge is 0.481 e. The van der Waals surface area contributed by atoms with Crippen LogP contribution in [0.3, 0.4) is 0 Å². The number of piperazine rings is 1. The number of nitrogens with one attached hydrogen (secondary N) is 1. The fraction of sp³-hybridized carbons (Fsp3) is 0.600. The van der Waals surface area contributed by atoms with Gasteiger partial charge in [0, 0.05) is 44.3 Å². The SMILES string of the molecule is CCC[C@H](C(=O)O)[C@H](Cc1ccc(N2CCN(CCO)CC2)cc1)c1nn[nH]n1. The number of β-amino-alcohol motifs (C(OH)–C–C–N with tert-alkyl or cyclic N) is 1. The lowest BCUT2D eigenvalue weighted by Gasteiger charge is -2.35. The fourth-order valence-corrected chi connectivity index (χ4v) is 4.02. The number of anilines is 1. The summed E-state index contributed by atoms with van der Waals surface area (Å²) >= 11 is 0. The molecule has 1 saturated heterocycles. The topological polar surface area (TPSA) is 118 Å². The van der Waals surface area contributed by atoms with Crippen LogP contribution in [0.2, 0.25) is 0 Å². The predicted octanol–water partition coefficient (Wildman–Crippen LogP) is 1.14. The molecule has 29 heavy (non-hydrogen) atoms. The number of nitrogens with zero attached hydrogens (tertiary/aromatic N) is 5. The molecule has 158 valence electrons. The molecule has 0 spiro atoms. The number of carboxylic acid groups (broad SMARTS) is 1. The summed E-state index contributed by atoms with van der Waals surface area (Å²) in [4.78, 5) is 16.4. The molecule has 0 radical (unpaired) electrons. The summed E-state index contributed by atoms with van der Waals surface area (Å²) in [5.74, 6) is -1.23. The van der Waals surface area contributed by atoms with Crippen molar-refractivity contribution >= 4 is 11.7 Å². The number of carboxylic acids is 1. The maximum absolute atomic E-state index is 11.8. The molecule has 2 atom stereocenters. The van der Waals surface area contributed by atoms with Gasteiger partial charge in [-0.05, 0) is 30.5 Å². The summed E-state index contributed by atoms with van der Waals surface area (Å²) in [5.41, 5.74) is 2.22. The van der Waals surface area contributed by atoms with E-state index >= 15 is 0 Å². The summed E-state index contributed by atoms with van der Waals surface area (Å²) in [6.07, 6.45) is 1.91. The highest BCUT2D eigenvalue weighted by molar-refractivity contribution is 5.71. The first-order chi connectivity index (χ1) is 14.1. The smallest absolute Gasteiger partial charge is 0.307 e. The standard InChI is InChI=1S/C20H30N6O3/c1-2-3-17(20(28)29)18(19-21-23-24-22-19)14-15-4-6-16(7-5-15)26-10-8-25(9-11-26)12-13-27/h4-7,17-18,27H,2-3,8-14H2,1H3,(H,28,29)(H,21,22,23,24)/t17-,18-/m0/s1. The molecule has 0 aliphatic carbocycles. The molecule has 1 fully saturated rings. The van der Waals surface area contributed by atoms with Gasteiger partial charge in [-0.15, -0.1) is 10.2 Å². The molecule has 0 bridgehead atoms. The van der Waals surface area contributed by atoms with Crippen molar-refractivity contribution in [2.24, 2.45) is 5.92 Å². The molecule has 3 N–H and O–H groups in total. The van der Waals surface area contributed by atoms with Crippen molar-refractivity contribution in [3.63, 3.8) is 0 Å². The molecule has 1 aromatic heterocycles. The van der Waals surface area contributed by atoms with Crippen molar-refractivity contribution in [3.8, 4) is 0 Å². The van der Waals surface area contributed by atoms with Crippen molar-refractivity contribution in [1.29, 1.82) is 0 Å². The molecule has 1 aromatic carbocycles. The Morgan fingerprint density at radius 3 is 2.48 bits per heavy atom. The van der Waals surface area contributed by atoms with Crippen molar-refractivity contribution in [2.45, 2.75) is 32.1 Å². The highest BCUT2D eigenvalue weighted by Crippen LogP contribution is 2.30. The minimum atomic E-state index is -0.820. The number of aromatic nitrogens is 4. The number of aliphatic hydroxyl groups is 1. The first-order valence-corrected chi connectivity index (χ1v) is 10.3. The maximum Gasteiger partial charge on any atom is 0.307 e.